The summed E-state index contributed by atoms with van der Waals surface area (Å²) in [6.07, 6.45) is 9.67. The third kappa shape index (κ3) is 3.00. The first-order valence-electron chi connectivity index (χ1n) is 8.40. The lowest BCUT2D eigenvalue weighted by molar-refractivity contribution is 0.0856. The zero-order chi connectivity index (χ0) is 14.8. The van der Waals surface area contributed by atoms with E-state index in [1.807, 2.05) is 0 Å². The van der Waals surface area contributed by atoms with Crippen molar-refractivity contribution < 1.29 is 4.74 Å². The number of rotatable bonds is 7. The molecule has 3 rings (SSSR count). The first-order chi connectivity index (χ1) is 10.2. The van der Waals surface area contributed by atoms with E-state index in [-0.39, 0.29) is 6.04 Å². The maximum Gasteiger partial charge on any atom is 0.0640 e. The maximum absolute atomic E-state index is 5.96. The number of nitrogens with one attached hydrogen (secondary N) is 1. The molecule has 2 bridgehead atoms. The van der Waals surface area contributed by atoms with Crippen molar-refractivity contribution in [2.75, 3.05) is 0 Å². The summed E-state index contributed by atoms with van der Waals surface area (Å²) >= 11 is 0. The first kappa shape index (κ1) is 15.0. The molecule has 3 heterocycles. The number of hydrazine groups is 1. The molecule has 2 saturated heterocycles. The van der Waals surface area contributed by atoms with E-state index in [9.17, 15) is 0 Å². The third-order valence-corrected chi connectivity index (χ3v) is 5.29. The minimum Gasteiger partial charge on any atom is -0.375 e. The summed E-state index contributed by atoms with van der Waals surface area (Å²) in [5, 5.41) is 4.75. The van der Waals surface area contributed by atoms with Gasteiger partial charge in [0.1, 0.15) is 0 Å². The molecule has 2 aliphatic rings. The van der Waals surface area contributed by atoms with Gasteiger partial charge in [-0.15, -0.1) is 0 Å². The second kappa shape index (κ2) is 6.46. The SMILES string of the molecule is CCC(CC)n1ccc(CC(NN)C2CC3CCC2O3)n1. The highest BCUT2D eigenvalue weighted by molar-refractivity contribution is 5.05. The number of nitrogens with two attached hydrogens (primary N) is 1. The minimum absolute atomic E-state index is 0.269. The van der Waals surface area contributed by atoms with Gasteiger partial charge in [-0.1, -0.05) is 13.8 Å². The Balaban J connectivity index is 1.64. The normalized spacial score (nSPS) is 29.4. The molecule has 5 heteroatoms. The molecule has 3 N–H and O–H groups in total. The van der Waals surface area contributed by atoms with Gasteiger partial charge in [-0.2, -0.15) is 5.10 Å². The van der Waals surface area contributed by atoms with Gasteiger partial charge in [0.05, 0.1) is 23.9 Å². The lowest BCUT2D eigenvalue weighted by Crippen LogP contribution is -2.45. The van der Waals surface area contributed by atoms with Crippen molar-refractivity contribution in [1.29, 1.82) is 0 Å². The van der Waals surface area contributed by atoms with E-state index in [1.54, 1.807) is 0 Å². The quantitative estimate of drug-likeness (QED) is 0.597. The van der Waals surface area contributed by atoms with E-state index in [4.69, 9.17) is 15.7 Å². The van der Waals surface area contributed by atoms with Crippen molar-refractivity contribution in [1.82, 2.24) is 15.2 Å². The number of ether oxygens (including phenoxy) is 1. The number of aromatic nitrogens is 2. The Hall–Kier alpha value is -0.910. The van der Waals surface area contributed by atoms with Crippen LogP contribution in [0.4, 0.5) is 0 Å². The van der Waals surface area contributed by atoms with Gasteiger partial charge in [0.25, 0.3) is 0 Å². The molecule has 0 spiro atoms. The lowest BCUT2D eigenvalue weighted by atomic mass is 9.82. The predicted molar refractivity (Wildman–Crippen MR) is 82.7 cm³/mol. The first-order valence-corrected chi connectivity index (χ1v) is 8.40. The largest absolute Gasteiger partial charge is 0.375 e. The summed E-state index contributed by atoms with van der Waals surface area (Å²) < 4.78 is 8.07. The highest BCUT2D eigenvalue weighted by Gasteiger charge is 2.44. The summed E-state index contributed by atoms with van der Waals surface area (Å²) in [4.78, 5) is 0. The van der Waals surface area contributed by atoms with Gasteiger partial charge in [0, 0.05) is 24.6 Å². The van der Waals surface area contributed by atoms with E-state index < -0.39 is 0 Å². The summed E-state index contributed by atoms with van der Waals surface area (Å²) in [5.41, 5.74) is 4.15. The Morgan fingerprint density at radius 3 is 2.81 bits per heavy atom. The molecule has 0 saturated carbocycles. The molecule has 5 nitrogen and oxygen atoms in total. The van der Waals surface area contributed by atoms with Crippen LogP contribution in [0.2, 0.25) is 0 Å². The molecule has 1 aromatic heterocycles. The van der Waals surface area contributed by atoms with Crippen LogP contribution in [0.5, 0.6) is 0 Å². The summed E-state index contributed by atoms with van der Waals surface area (Å²) in [6.45, 7) is 4.43. The van der Waals surface area contributed by atoms with Gasteiger partial charge >= 0.3 is 0 Å². The van der Waals surface area contributed by atoms with E-state index in [0.29, 0.717) is 24.2 Å². The van der Waals surface area contributed by atoms with Crippen molar-refractivity contribution in [3.8, 4) is 0 Å². The van der Waals surface area contributed by atoms with Crippen molar-refractivity contribution in [2.24, 2.45) is 11.8 Å². The van der Waals surface area contributed by atoms with Crippen LogP contribution in [0.15, 0.2) is 12.3 Å². The van der Waals surface area contributed by atoms with Crippen molar-refractivity contribution >= 4 is 0 Å². The zero-order valence-corrected chi connectivity index (χ0v) is 13.2. The fourth-order valence-corrected chi connectivity index (χ4v) is 4.01. The van der Waals surface area contributed by atoms with Gasteiger partial charge in [0.15, 0.2) is 0 Å². The second-order valence-electron chi connectivity index (χ2n) is 6.51. The molecule has 0 aliphatic carbocycles. The molecule has 0 aromatic carbocycles. The maximum atomic E-state index is 5.96. The van der Waals surface area contributed by atoms with E-state index in [2.05, 4.69) is 36.2 Å². The van der Waals surface area contributed by atoms with Crippen LogP contribution >= 0.6 is 0 Å². The summed E-state index contributed by atoms with van der Waals surface area (Å²) in [5.74, 6) is 6.35. The van der Waals surface area contributed by atoms with Gasteiger partial charge in [-0.25, -0.2) is 0 Å². The average molecular weight is 292 g/mol. The molecule has 2 aliphatic heterocycles. The Kier molecular flexibility index (Phi) is 4.62. The number of hydrogen-bond donors (Lipinski definition) is 2. The number of nitrogens with zero attached hydrogens (tertiary/aromatic N) is 2. The fourth-order valence-electron chi connectivity index (χ4n) is 4.01. The number of fused-ring (bicyclic) bond motifs is 2. The van der Waals surface area contributed by atoms with Crippen LogP contribution in [-0.2, 0) is 11.2 Å². The molecule has 21 heavy (non-hydrogen) atoms. The number of hydrogen-bond acceptors (Lipinski definition) is 4. The van der Waals surface area contributed by atoms with Crippen molar-refractivity contribution in [3.05, 3.63) is 18.0 Å². The highest BCUT2D eigenvalue weighted by Crippen LogP contribution is 2.40. The van der Waals surface area contributed by atoms with Crippen LogP contribution < -0.4 is 11.3 Å². The molecule has 4 atom stereocenters. The van der Waals surface area contributed by atoms with Crippen molar-refractivity contribution in [3.63, 3.8) is 0 Å². The van der Waals surface area contributed by atoms with E-state index in [1.165, 1.54) is 12.8 Å². The minimum atomic E-state index is 0.269. The van der Waals surface area contributed by atoms with E-state index >= 15 is 0 Å². The van der Waals surface area contributed by atoms with Crippen molar-refractivity contribution in [2.45, 2.75) is 76.7 Å². The van der Waals surface area contributed by atoms with Crippen LogP contribution in [-0.4, -0.2) is 28.0 Å². The van der Waals surface area contributed by atoms with Crippen LogP contribution in [0.3, 0.4) is 0 Å². The summed E-state index contributed by atoms with van der Waals surface area (Å²) in [7, 11) is 0. The standard InChI is InChI=1S/C16H28N4O/c1-3-12(4-2)20-8-7-11(19-20)9-15(18-17)14-10-13-5-6-16(14)21-13/h7-8,12-16,18H,3-6,9-10,17H2,1-2H3. The Labute approximate surface area is 127 Å². The average Bonchev–Trinajstić information content (AvgIpc) is 3.22. The summed E-state index contributed by atoms with van der Waals surface area (Å²) in [6, 6.07) is 2.91. The van der Waals surface area contributed by atoms with Gasteiger partial charge in [0.2, 0.25) is 0 Å². The van der Waals surface area contributed by atoms with E-state index in [0.717, 1.165) is 31.4 Å². The molecule has 118 valence electrons. The molecule has 0 amide bonds. The molecule has 1 aromatic rings. The smallest absolute Gasteiger partial charge is 0.0640 e. The molecule has 4 unspecified atom stereocenters. The Bertz CT molecular complexity index is 457. The molecular formula is C16H28N4O. The van der Waals surface area contributed by atoms with Crippen LogP contribution in [0, 0.1) is 5.92 Å². The third-order valence-electron chi connectivity index (χ3n) is 5.29. The topological polar surface area (TPSA) is 65.1 Å². The van der Waals surface area contributed by atoms with Gasteiger partial charge in [-0.3, -0.25) is 16.0 Å². The second-order valence-corrected chi connectivity index (χ2v) is 6.51. The van der Waals surface area contributed by atoms with Gasteiger partial charge < -0.3 is 4.74 Å². The van der Waals surface area contributed by atoms with Crippen LogP contribution in [0.25, 0.3) is 0 Å². The lowest BCUT2D eigenvalue weighted by Gasteiger charge is -2.27. The molecule has 2 fully saturated rings. The Morgan fingerprint density at radius 1 is 1.43 bits per heavy atom. The zero-order valence-electron chi connectivity index (χ0n) is 13.2. The monoisotopic (exact) mass is 292 g/mol. The highest BCUT2D eigenvalue weighted by atomic mass is 16.5. The van der Waals surface area contributed by atoms with Gasteiger partial charge in [-0.05, 0) is 38.2 Å². The predicted octanol–water partition coefficient (Wildman–Crippen LogP) is 2.19. The molecular weight excluding hydrogens is 264 g/mol. The Morgan fingerprint density at radius 2 is 2.24 bits per heavy atom. The molecule has 0 radical (unpaired) electrons. The van der Waals surface area contributed by atoms with Crippen LogP contribution in [0.1, 0.15) is 57.7 Å². The fraction of sp³-hybridized carbons (Fsp3) is 0.812.